The Labute approximate surface area is 81.2 Å². The average Bonchev–Trinajstić information content (AvgIpc) is 2.65. The third-order valence-electron chi connectivity index (χ3n) is 2.23. The highest BCUT2D eigenvalue weighted by Crippen LogP contribution is 2.00. The maximum absolute atomic E-state index is 4.44. The number of nitrogens with one attached hydrogen (secondary N) is 1. The van der Waals surface area contributed by atoms with E-state index in [0.717, 1.165) is 32.1 Å². The molecule has 76 valence electrons. The topological polar surface area (TPSA) is 27.6 Å². The smallest absolute Gasteiger partial charge is 0.194 e. The van der Waals surface area contributed by atoms with Crippen molar-refractivity contribution in [1.29, 1.82) is 0 Å². The van der Waals surface area contributed by atoms with Crippen LogP contribution in [0.3, 0.4) is 0 Å². The summed E-state index contributed by atoms with van der Waals surface area (Å²) in [6.45, 7) is 8.69. The van der Waals surface area contributed by atoms with Gasteiger partial charge in [0, 0.05) is 19.6 Å². The van der Waals surface area contributed by atoms with Gasteiger partial charge in [0.15, 0.2) is 5.96 Å². The number of nitrogens with zero attached hydrogens (tertiary/aromatic N) is 2. The van der Waals surface area contributed by atoms with Gasteiger partial charge in [-0.05, 0) is 12.8 Å². The Bertz CT molecular complexity index is 166. The molecular weight excluding hydrogens is 162 g/mol. The van der Waals surface area contributed by atoms with E-state index in [1.54, 1.807) is 0 Å². The lowest BCUT2D eigenvalue weighted by molar-refractivity contribution is 0.398. The molecule has 0 aromatic rings. The molecular formula is C10H21N3. The summed E-state index contributed by atoms with van der Waals surface area (Å²) in [6, 6.07) is 0. The largest absolute Gasteiger partial charge is 0.354 e. The molecule has 3 nitrogen and oxygen atoms in total. The summed E-state index contributed by atoms with van der Waals surface area (Å²) in [5, 5.41) is 3.33. The van der Waals surface area contributed by atoms with Crippen molar-refractivity contribution in [2.45, 2.75) is 33.1 Å². The molecule has 0 aromatic carbocycles. The van der Waals surface area contributed by atoms with E-state index in [0.29, 0.717) is 0 Å². The molecule has 0 amide bonds. The van der Waals surface area contributed by atoms with E-state index >= 15 is 0 Å². The monoisotopic (exact) mass is 183 g/mol. The molecule has 0 unspecified atom stereocenters. The van der Waals surface area contributed by atoms with Gasteiger partial charge in [-0.2, -0.15) is 0 Å². The summed E-state index contributed by atoms with van der Waals surface area (Å²) in [7, 11) is 0. The van der Waals surface area contributed by atoms with Gasteiger partial charge in [0.2, 0.25) is 0 Å². The van der Waals surface area contributed by atoms with Crippen molar-refractivity contribution in [2.24, 2.45) is 4.99 Å². The first-order chi connectivity index (χ1) is 6.38. The fourth-order valence-corrected chi connectivity index (χ4v) is 1.54. The van der Waals surface area contributed by atoms with Crippen molar-refractivity contribution < 1.29 is 0 Å². The van der Waals surface area contributed by atoms with Crippen molar-refractivity contribution in [2.75, 3.05) is 26.2 Å². The van der Waals surface area contributed by atoms with Gasteiger partial charge in [-0.25, -0.2) is 0 Å². The number of hydrogen-bond donors (Lipinski definition) is 1. The SMILES string of the molecule is CCCCN(CCC)C1=NCCN1. The number of unbranched alkanes of at least 4 members (excludes halogenated alkanes) is 1. The minimum Gasteiger partial charge on any atom is -0.354 e. The second-order valence-corrected chi connectivity index (χ2v) is 3.47. The number of rotatable bonds is 5. The highest BCUT2D eigenvalue weighted by Gasteiger charge is 2.12. The van der Waals surface area contributed by atoms with Crippen LogP contribution in [0.25, 0.3) is 0 Å². The summed E-state index contributed by atoms with van der Waals surface area (Å²) >= 11 is 0. The predicted molar refractivity (Wildman–Crippen MR) is 57.1 cm³/mol. The highest BCUT2D eigenvalue weighted by molar-refractivity contribution is 5.81. The van der Waals surface area contributed by atoms with Crippen molar-refractivity contribution in [3.05, 3.63) is 0 Å². The van der Waals surface area contributed by atoms with Crippen molar-refractivity contribution in [3.8, 4) is 0 Å². The lowest BCUT2D eigenvalue weighted by atomic mass is 10.3. The molecule has 0 saturated heterocycles. The summed E-state index contributed by atoms with van der Waals surface area (Å²) in [5.41, 5.74) is 0. The molecule has 0 aromatic heterocycles. The zero-order valence-corrected chi connectivity index (χ0v) is 8.84. The van der Waals surface area contributed by atoms with Crippen LogP contribution in [0.5, 0.6) is 0 Å². The minimum absolute atomic E-state index is 0.946. The Balaban J connectivity index is 2.36. The standard InChI is InChI=1S/C10H21N3/c1-3-5-9-13(8-4-2)10-11-6-7-12-10/h3-9H2,1-2H3,(H,11,12). The zero-order valence-electron chi connectivity index (χ0n) is 8.84. The molecule has 0 bridgehead atoms. The molecule has 0 atom stereocenters. The first-order valence-corrected chi connectivity index (χ1v) is 5.41. The number of aliphatic imine (C=N–C) groups is 1. The summed E-state index contributed by atoms with van der Waals surface area (Å²) in [5.74, 6) is 1.12. The molecule has 1 N–H and O–H groups in total. The van der Waals surface area contributed by atoms with Gasteiger partial charge in [0.25, 0.3) is 0 Å². The Morgan fingerprint density at radius 3 is 2.69 bits per heavy atom. The number of guanidine groups is 1. The molecule has 0 aliphatic carbocycles. The van der Waals surface area contributed by atoms with Gasteiger partial charge in [-0.3, -0.25) is 4.99 Å². The van der Waals surface area contributed by atoms with Crippen molar-refractivity contribution in [3.63, 3.8) is 0 Å². The predicted octanol–water partition coefficient (Wildman–Crippen LogP) is 1.46. The molecule has 1 aliphatic heterocycles. The Morgan fingerprint density at radius 2 is 2.15 bits per heavy atom. The normalized spacial score (nSPS) is 15.4. The third kappa shape index (κ3) is 3.25. The van der Waals surface area contributed by atoms with Crippen LogP contribution in [0.1, 0.15) is 33.1 Å². The Morgan fingerprint density at radius 1 is 1.31 bits per heavy atom. The van der Waals surface area contributed by atoms with Gasteiger partial charge in [0.05, 0.1) is 6.54 Å². The van der Waals surface area contributed by atoms with Gasteiger partial charge in [0.1, 0.15) is 0 Å². The van der Waals surface area contributed by atoms with Crippen LogP contribution in [0.4, 0.5) is 0 Å². The molecule has 3 heteroatoms. The summed E-state index contributed by atoms with van der Waals surface area (Å²) in [4.78, 5) is 6.81. The van der Waals surface area contributed by atoms with E-state index < -0.39 is 0 Å². The fraction of sp³-hybridized carbons (Fsp3) is 0.900. The van der Waals surface area contributed by atoms with E-state index in [4.69, 9.17) is 0 Å². The Hall–Kier alpha value is -0.730. The third-order valence-corrected chi connectivity index (χ3v) is 2.23. The fourth-order valence-electron chi connectivity index (χ4n) is 1.54. The van der Waals surface area contributed by atoms with Crippen LogP contribution in [0, 0.1) is 0 Å². The van der Waals surface area contributed by atoms with Gasteiger partial charge in [-0.15, -0.1) is 0 Å². The van der Waals surface area contributed by atoms with Crippen LogP contribution in [0.2, 0.25) is 0 Å². The van der Waals surface area contributed by atoms with E-state index in [1.165, 1.54) is 19.3 Å². The maximum atomic E-state index is 4.44. The molecule has 0 fully saturated rings. The lowest BCUT2D eigenvalue weighted by Gasteiger charge is -2.23. The van der Waals surface area contributed by atoms with Crippen molar-refractivity contribution in [1.82, 2.24) is 10.2 Å². The van der Waals surface area contributed by atoms with Crippen LogP contribution in [0.15, 0.2) is 4.99 Å². The Kier molecular flexibility index (Phi) is 4.65. The van der Waals surface area contributed by atoms with E-state index in [2.05, 4.69) is 29.1 Å². The maximum Gasteiger partial charge on any atom is 0.194 e. The summed E-state index contributed by atoms with van der Waals surface area (Å²) < 4.78 is 0. The molecule has 0 spiro atoms. The molecule has 13 heavy (non-hydrogen) atoms. The average molecular weight is 183 g/mol. The van der Waals surface area contributed by atoms with E-state index in [-0.39, 0.29) is 0 Å². The quantitative estimate of drug-likeness (QED) is 0.698. The first kappa shape index (κ1) is 10.4. The van der Waals surface area contributed by atoms with Crippen molar-refractivity contribution >= 4 is 5.96 Å². The second-order valence-electron chi connectivity index (χ2n) is 3.47. The van der Waals surface area contributed by atoms with Crippen LogP contribution in [-0.4, -0.2) is 37.0 Å². The van der Waals surface area contributed by atoms with Gasteiger partial charge >= 0.3 is 0 Å². The lowest BCUT2D eigenvalue weighted by Crippen LogP contribution is -2.39. The summed E-state index contributed by atoms with van der Waals surface area (Å²) in [6.07, 6.45) is 3.72. The highest BCUT2D eigenvalue weighted by atomic mass is 15.3. The van der Waals surface area contributed by atoms with Gasteiger partial charge in [-0.1, -0.05) is 20.3 Å². The molecule has 0 saturated carbocycles. The molecule has 1 rings (SSSR count). The second kappa shape index (κ2) is 5.84. The molecule has 1 aliphatic rings. The van der Waals surface area contributed by atoms with Crippen LogP contribution >= 0.6 is 0 Å². The van der Waals surface area contributed by atoms with Gasteiger partial charge < -0.3 is 10.2 Å². The molecule has 1 heterocycles. The minimum atomic E-state index is 0.946. The molecule has 0 radical (unpaired) electrons. The van der Waals surface area contributed by atoms with E-state index in [1.807, 2.05) is 0 Å². The zero-order chi connectivity index (χ0) is 9.52. The van der Waals surface area contributed by atoms with Crippen LogP contribution in [-0.2, 0) is 0 Å². The van der Waals surface area contributed by atoms with E-state index in [9.17, 15) is 0 Å². The van der Waals surface area contributed by atoms with Crippen LogP contribution < -0.4 is 5.32 Å². The first-order valence-electron chi connectivity index (χ1n) is 5.41. The number of hydrogen-bond acceptors (Lipinski definition) is 3.